The Bertz CT molecular complexity index is 883. The molecular formula is C16H13N5S. The normalized spacial score (nSPS) is 10.9. The van der Waals surface area contributed by atoms with E-state index in [1.165, 1.54) is 4.88 Å². The molecule has 6 heteroatoms. The Morgan fingerprint density at radius 3 is 2.86 bits per heavy atom. The van der Waals surface area contributed by atoms with Crippen LogP contribution >= 0.6 is 11.3 Å². The number of rotatable bonds is 4. The molecule has 0 aliphatic rings. The van der Waals surface area contributed by atoms with E-state index in [2.05, 4.69) is 37.8 Å². The highest BCUT2D eigenvalue weighted by Gasteiger charge is 2.14. The van der Waals surface area contributed by atoms with E-state index in [0.717, 1.165) is 29.3 Å². The minimum absolute atomic E-state index is 0.765. The number of fused-ring (bicyclic) bond motifs is 1. The zero-order valence-corrected chi connectivity index (χ0v) is 12.5. The molecule has 0 bridgehead atoms. The molecule has 0 aromatic carbocycles. The summed E-state index contributed by atoms with van der Waals surface area (Å²) in [6.45, 7) is 0.765. The zero-order chi connectivity index (χ0) is 14.8. The number of anilines is 1. The number of hydrogen-bond acceptors (Lipinski definition) is 5. The van der Waals surface area contributed by atoms with E-state index in [1.807, 2.05) is 28.9 Å². The summed E-state index contributed by atoms with van der Waals surface area (Å²) in [5, 5.41) is 5.57. The first-order valence-corrected chi connectivity index (χ1v) is 7.78. The van der Waals surface area contributed by atoms with Crippen LogP contribution in [0.2, 0.25) is 0 Å². The lowest BCUT2D eigenvalue weighted by molar-refractivity contribution is 1.08. The Hall–Kier alpha value is -2.73. The summed E-state index contributed by atoms with van der Waals surface area (Å²) in [6.07, 6.45) is 9.03. The standard InChI is InChI=1S/C16H13N5S/c1-3-12(9-17-5-1)15-16(19-10-13-4-2-8-22-13)21-7-6-18-11-14(21)20-15/h1-9,11,19H,10H2. The Balaban J connectivity index is 1.80. The molecule has 0 atom stereocenters. The maximum atomic E-state index is 4.68. The van der Waals surface area contributed by atoms with Crippen LogP contribution < -0.4 is 5.32 Å². The van der Waals surface area contributed by atoms with Crippen LogP contribution in [0.3, 0.4) is 0 Å². The fourth-order valence-electron chi connectivity index (χ4n) is 2.36. The molecule has 0 aliphatic heterocycles. The highest BCUT2D eigenvalue weighted by Crippen LogP contribution is 2.28. The molecule has 4 aromatic heterocycles. The smallest absolute Gasteiger partial charge is 0.157 e. The molecule has 0 amide bonds. The van der Waals surface area contributed by atoms with E-state index in [0.29, 0.717) is 0 Å². The van der Waals surface area contributed by atoms with Gasteiger partial charge in [0.2, 0.25) is 0 Å². The van der Waals surface area contributed by atoms with Crippen LogP contribution in [-0.2, 0) is 6.54 Å². The fourth-order valence-corrected chi connectivity index (χ4v) is 3.01. The quantitative estimate of drug-likeness (QED) is 0.627. The lowest BCUT2D eigenvalue weighted by Gasteiger charge is -2.07. The second kappa shape index (κ2) is 5.57. The van der Waals surface area contributed by atoms with Crippen molar-refractivity contribution in [2.24, 2.45) is 0 Å². The van der Waals surface area contributed by atoms with E-state index >= 15 is 0 Å². The predicted octanol–water partition coefficient (Wildman–Crippen LogP) is 3.46. The molecule has 5 nitrogen and oxygen atoms in total. The van der Waals surface area contributed by atoms with Gasteiger partial charge in [-0.3, -0.25) is 14.4 Å². The molecule has 0 aliphatic carbocycles. The predicted molar refractivity (Wildman–Crippen MR) is 87.9 cm³/mol. The van der Waals surface area contributed by atoms with Gasteiger partial charge in [-0.15, -0.1) is 11.3 Å². The summed E-state index contributed by atoms with van der Waals surface area (Å²) in [5.41, 5.74) is 2.69. The minimum Gasteiger partial charge on any atom is -0.364 e. The Labute approximate surface area is 131 Å². The molecule has 4 aromatic rings. The first-order valence-electron chi connectivity index (χ1n) is 6.90. The number of pyridine rings is 1. The van der Waals surface area contributed by atoms with E-state index in [4.69, 9.17) is 0 Å². The van der Waals surface area contributed by atoms with Crippen molar-refractivity contribution in [1.29, 1.82) is 0 Å². The van der Waals surface area contributed by atoms with Gasteiger partial charge in [0.1, 0.15) is 11.5 Å². The molecule has 0 saturated heterocycles. The largest absolute Gasteiger partial charge is 0.364 e. The molecule has 108 valence electrons. The lowest BCUT2D eigenvalue weighted by atomic mass is 10.2. The van der Waals surface area contributed by atoms with Crippen molar-refractivity contribution in [2.75, 3.05) is 5.32 Å². The highest BCUT2D eigenvalue weighted by atomic mass is 32.1. The van der Waals surface area contributed by atoms with Gasteiger partial charge in [0, 0.05) is 35.2 Å². The SMILES string of the molecule is c1cncc(-c2nc3cnccn3c2NCc2cccs2)c1. The maximum absolute atomic E-state index is 4.68. The van der Waals surface area contributed by atoms with Crippen molar-refractivity contribution in [2.45, 2.75) is 6.54 Å². The van der Waals surface area contributed by atoms with E-state index in [-0.39, 0.29) is 0 Å². The molecule has 0 saturated carbocycles. The Kier molecular flexibility index (Phi) is 3.29. The summed E-state index contributed by atoms with van der Waals surface area (Å²) in [4.78, 5) is 14.3. The second-order valence-electron chi connectivity index (χ2n) is 4.79. The highest BCUT2D eigenvalue weighted by molar-refractivity contribution is 7.09. The molecular weight excluding hydrogens is 294 g/mol. The van der Waals surface area contributed by atoms with Gasteiger partial charge in [-0.05, 0) is 23.6 Å². The number of thiophene rings is 1. The van der Waals surface area contributed by atoms with Crippen molar-refractivity contribution >= 4 is 22.8 Å². The number of hydrogen-bond donors (Lipinski definition) is 1. The third-order valence-corrected chi connectivity index (χ3v) is 4.25. The Morgan fingerprint density at radius 2 is 2.05 bits per heavy atom. The zero-order valence-electron chi connectivity index (χ0n) is 11.7. The monoisotopic (exact) mass is 307 g/mol. The van der Waals surface area contributed by atoms with Crippen LogP contribution in [-0.4, -0.2) is 19.4 Å². The molecule has 0 fully saturated rings. The molecule has 0 unspecified atom stereocenters. The van der Waals surface area contributed by atoms with Crippen LogP contribution in [0, 0.1) is 0 Å². The van der Waals surface area contributed by atoms with E-state index < -0.39 is 0 Å². The van der Waals surface area contributed by atoms with E-state index in [1.54, 1.807) is 29.9 Å². The first-order chi connectivity index (χ1) is 10.9. The first kappa shape index (κ1) is 13.0. The van der Waals surface area contributed by atoms with Gasteiger partial charge in [0.15, 0.2) is 5.65 Å². The van der Waals surface area contributed by atoms with Crippen molar-refractivity contribution in [3.63, 3.8) is 0 Å². The van der Waals surface area contributed by atoms with Gasteiger partial charge in [-0.1, -0.05) is 6.07 Å². The van der Waals surface area contributed by atoms with Crippen LogP contribution in [0.25, 0.3) is 16.9 Å². The van der Waals surface area contributed by atoms with E-state index in [9.17, 15) is 0 Å². The third-order valence-electron chi connectivity index (χ3n) is 3.38. The molecule has 4 heterocycles. The fraction of sp³-hybridized carbons (Fsp3) is 0.0625. The number of aromatic nitrogens is 4. The summed E-state index contributed by atoms with van der Waals surface area (Å²) >= 11 is 1.73. The number of nitrogens with one attached hydrogen (secondary N) is 1. The lowest BCUT2D eigenvalue weighted by Crippen LogP contribution is -2.02. The number of nitrogens with zero attached hydrogens (tertiary/aromatic N) is 4. The van der Waals surface area contributed by atoms with Crippen molar-refractivity contribution in [3.05, 3.63) is 65.5 Å². The summed E-state index contributed by atoms with van der Waals surface area (Å²) in [7, 11) is 0. The minimum atomic E-state index is 0.765. The van der Waals surface area contributed by atoms with Gasteiger partial charge in [0.05, 0.1) is 12.7 Å². The van der Waals surface area contributed by atoms with Crippen molar-refractivity contribution in [1.82, 2.24) is 19.4 Å². The summed E-state index contributed by atoms with van der Waals surface area (Å²) < 4.78 is 2.02. The Morgan fingerprint density at radius 1 is 1.09 bits per heavy atom. The average Bonchev–Trinajstić information content (AvgIpc) is 3.21. The average molecular weight is 307 g/mol. The van der Waals surface area contributed by atoms with Gasteiger partial charge in [0.25, 0.3) is 0 Å². The van der Waals surface area contributed by atoms with Crippen LogP contribution in [0.1, 0.15) is 4.88 Å². The van der Waals surface area contributed by atoms with Crippen molar-refractivity contribution < 1.29 is 0 Å². The van der Waals surface area contributed by atoms with Crippen LogP contribution in [0.4, 0.5) is 5.82 Å². The third kappa shape index (κ3) is 2.33. The second-order valence-corrected chi connectivity index (χ2v) is 5.82. The topological polar surface area (TPSA) is 55.1 Å². The molecule has 0 radical (unpaired) electrons. The van der Waals surface area contributed by atoms with Gasteiger partial charge in [-0.25, -0.2) is 4.98 Å². The van der Waals surface area contributed by atoms with Gasteiger partial charge in [-0.2, -0.15) is 0 Å². The summed E-state index contributed by atoms with van der Waals surface area (Å²) in [5.74, 6) is 0.957. The maximum Gasteiger partial charge on any atom is 0.157 e. The molecule has 1 N–H and O–H groups in total. The van der Waals surface area contributed by atoms with Gasteiger partial charge >= 0.3 is 0 Å². The number of imidazole rings is 1. The van der Waals surface area contributed by atoms with Crippen LogP contribution in [0.5, 0.6) is 0 Å². The molecule has 0 spiro atoms. The molecule has 22 heavy (non-hydrogen) atoms. The molecule has 4 rings (SSSR count). The summed E-state index contributed by atoms with van der Waals surface area (Å²) in [6, 6.07) is 8.10. The van der Waals surface area contributed by atoms with Gasteiger partial charge < -0.3 is 5.32 Å². The van der Waals surface area contributed by atoms with Crippen LogP contribution in [0.15, 0.2) is 60.6 Å². The van der Waals surface area contributed by atoms with Crippen molar-refractivity contribution in [3.8, 4) is 11.3 Å².